The Bertz CT molecular complexity index is 1090. The second kappa shape index (κ2) is 7.28. The molecule has 4 nitrogen and oxygen atoms in total. The van der Waals surface area contributed by atoms with Gasteiger partial charge in [0.25, 0.3) is 5.91 Å². The molecule has 1 aromatic heterocycles. The molecule has 1 aliphatic heterocycles. The van der Waals surface area contributed by atoms with Gasteiger partial charge in [-0.25, -0.2) is 0 Å². The van der Waals surface area contributed by atoms with Crippen molar-refractivity contribution in [3.05, 3.63) is 70.4 Å². The minimum Gasteiger partial charge on any atom is -0.345 e. The third-order valence-electron chi connectivity index (χ3n) is 5.51. The van der Waals surface area contributed by atoms with Crippen LogP contribution < -0.4 is 5.32 Å². The standard InChI is InChI=1S/C24H27N3O/c1-16-8-9-22-20(12-16)21-14-25-11-10-23(21)27(22)15-17(2)18-6-5-7-19(13-18)24(28)26(3)4/h5-9,12-13,15,25H,10-11,14H2,1-4H3/b17-15-. The molecule has 1 amide bonds. The highest BCUT2D eigenvalue weighted by molar-refractivity contribution is 5.95. The first-order valence-corrected chi connectivity index (χ1v) is 9.79. The van der Waals surface area contributed by atoms with Crippen LogP contribution in [0.25, 0.3) is 22.7 Å². The van der Waals surface area contributed by atoms with Crippen molar-refractivity contribution in [1.82, 2.24) is 14.8 Å². The zero-order valence-corrected chi connectivity index (χ0v) is 17.0. The summed E-state index contributed by atoms with van der Waals surface area (Å²) < 4.78 is 2.35. The zero-order valence-electron chi connectivity index (χ0n) is 17.0. The van der Waals surface area contributed by atoms with Gasteiger partial charge >= 0.3 is 0 Å². The van der Waals surface area contributed by atoms with Crippen LogP contribution in [0.4, 0.5) is 0 Å². The fourth-order valence-electron chi connectivity index (χ4n) is 4.01. The molecule has 0 unspecified atom stereocenters. The molecule has 28 heavy (non-hydrogen) atoms. The van der Waals surface area contributed by atoms with Gasteiger partial charge in [-0.2, -0.15) is 0 Å². The highest BCUT2D eigenvalue weighted by Gasteiger charge is 2.19. The lowest BCUT2D eigenvalue weighted by Gasteiger charge is -2.16. The lowest BCUT2D eigenvalue weighted by atomic mass is 10.0. The molecule has 0 radical (unpaired) electrons. The Kier molecular flexibility index (Phi) is 4.82. The fraction of sp³-hybridized carbons (Fsp3) is 0.292. The molecule has 144 valence electrons. The highest BCUT2D eigenvalue weighted by Crippen LogP contribution is 2.31. The molecule has 0 fully saturated rings. The van der Waals surface area contributed by atoms with Gasteiger partial charge in [-0.1, -0.05) is 23.8 Å². The average Bonchev–Trinajstić information content (AvgIpc) is 3.00. The largest absolute Gasteiger partial charge is 0.345 e. The van der Waals surface area contributed by atoms with Crippen molar-refractivity contribution in [2.24, 2.45) is 0 Å². The first-order valence-electron chi connectivity index (χ1n) is 9.79. The van der Waals surface area contributed by atoms with Crippen LogP contribution in [0.5, 0.6) is 0 Å². The number of nitrogens with zero attached hydrogens (tertiary/aromatic N) is 2. The Labute approximate surface area is 166 Å². The van der Waals surface area contributed by atoms with Gasteiger partial charge in [0.1, 0.15) is 0 Å². The van der Waals surface area contributed by atoms with Crippen molar-refractivity contribution >= 4 is 28.6 Å². The number of carbonyl (C=O) groups is 1. The molecular weight excluding hydrogens is 346 g/mol. The van der Waals surface area contributed by atoms with Crippen LogP contribution in [-0.2, 0) is 13.0 Å². The number of rotatable bonds is 3. The van der Waals surface area contributed by atoms with Crippen molar-refractivity contribution in [2.75, 3.05) is 20.6 Å². The number of hydrogen-bond donors (Lipinski definition) is 1. The van der Waals surface area contributed by atoms with Crippen LogP contribution in [0.1, 0.15) is 39.7 Å². The molecule has 3 aromatic rings. The van der Waals surface area contributed by atoms with E-state index in [4.69, 9.17) is 0 Å². The van der Waals surface area contributed by atoms with E-state index in [0.717, 1.165) is 36.2 Å². The SMILES string of the molecule is C/C(=C/n1c2c(c3cc(C)ccc31)CNCC2)c1cccc(C(=O)N(C)C)c1. The Morgan fingerprint density at radius 3 is 2.71 bits per heavy atom. The molecule has 4 heteroatoms. The summed E-state index contributed by atoms with van der Waals surface area (Å²) in [6.45, 7) is 6.19. The molecule has 1 N–H and O–H groups in total. The number of amides is 1. The predicted molar refractivity (Wildman–Crippen MR) is 116 cm³/mol. The van der Waals surface area contributed by atoms with Gasteiger partial charge in [0.15, 0.2) is 0 Å². The summed E-state index contributed by atoms with van der Waals surface area (Å²) in [6, 6.07) is 14.6. The molecule has 2 heterocycles. The molecule has 2 aromatic carbocycles. The molecule has 4 rings (SSSR count). The number of aromatic nitrogens is 1. The van der Waals surface area contributed by atoms with Crippen LogP contribution in [0.3, 0.4) is 0 Å². The summed E-state index contributed by atoms with van der Waals surface area (Å²) in [5.41, 5.74) is 8.27. The van der Waals surface area contributed by atoms with E-state index in [1.54, 1.807) is 19.0 Å². The van der Waals surface area contributed by atoms with Crippen molar-refractivity contribution in [3.8, 4) is 0 Å². The first-order chi connectivity index (χ1) is 13.5. The normalized spacial score (nSPS) is 14.2. The van der Waals surface area contributed by atoms with Gasteiger partial charge in [-0.15, -0.1) is 0 Å². The maximum atomic E-state index is 12.3. The number of carbonyl (C=O) groups excluding carboxylic acids is 1. The molecular formula is C24H27N3O. The number of allylic oxidation sites excluding steroid dienone is 1. The Morgan fingerprint density at radius 2 is 1.93 bits per heavy atom. The maximum absolute atomic E-state index is 12.3. The first kappa shape index (κ1) is 18.5. The number of hydrogen-bond acceptors (Lipinski definition) is 2. The van der Waals surface area contributed by atoms with Crippen molar-refractivity contribution in [1.29, 1.82) is 0 Å². The fourth-order valence-corrected chi connectivity index (χ4v) is 4.01. The lowest BCUT2D eigenvalue weighted by Crippen LogP contribution is -2.24. The van der Waals surface area contributed by atoms with E-state index in [1.807, 2.05) is 18.2 Å². The summed E-state index contributed by atoms with van der Waals surface area (Å²) in [5.74, 6) is 0.0278. The Balaban J connectivity index is 1.82. The number of aryl methyl sites for hydroxylation is 1. The van der Waals surface area contributed by atoms with Crippen LogP contribution in [0, 0.1) is 6.92 Å². The summed E-state index contributed by atoms with van der Waals surface area (Å²) in [4.78, 5) is 13.9. The Hall–Kier alpha value is -2.85. The average molecular weight is 374 g/mol. The van der Waals surface area contributed by atoms with E-state index in [-0.39, 0.29) is 5.91 Å². The monoisotopic (exact) mass is 373 g/mol. The van der Waals surface area contributed by atoms with Gasteiger partial charge in [0.2, 0.25) is 0 Å². The molecule has 0 saturated heterocycles. The molecule has 1 aliphatic rings. The summed E-state index contributed by atoms with van der Waals surface area (Å²) in [7, 11) is 3.57. The predicted octanol–water partition coefficient (Wildman–Crippen LogP) is 4.32. The van der Waals surface area contributed by atoms with E-state index < -0.39 is 0 Å². The van der Waals surface area contributed by atoms with E-state index in [1.165, 1.54) is 27.7 Å². The molecule has 0 aliphatic carbocycles. The molecule has 0 atom stereocenters. The van der Waals surface area contributed by atoms with Crippen molar-refractivity contribution < 1.29 is 4.79 Å². The number of nitrogens with one attached hydrogen (secondary N) is 1. The van der Waals surface area contributed by atoms with Crippen LogP contribution >= 0.6 is 0 Å². The van der Waals surface area contributed by atoms with E-state index in [9.17, 15) is 4.79 Å². The topological polar surface area (TPSA) is 37.3 Å². The second-order valence-electron chi connectivity index (χ2n) is 7.84. The second-order valence-corrected chi connectivity index (χ2v) is 7.84. The lowest BCUT2D eigenvalue weighted by molar-refractivity contribution is 0.0827. The molecule has 0 saturated carbocycles. The summed E-state index contributed by atoms with van der Waals surface area (Å²) in [5, 5.41) is 4.84. The Morgan fingerprint density at radius 1 is 1.14 bits per heavy atom. The minimum atomic E-state index is 0.0278. The summed E-state index contributed by atoms with van der Waals surface area (Å²) in [6.07, 6.45) is 3.24. The smallest absolute Gasteiger partial charge is 0.253 e. The molecule has 0 bridgehead atoms. The zero-order chi connectivity index (χ0) is 19.8. The van der Waals surface area contributed by atoms with E-state index in [0.29, 0.717) is 0 Å². The van der Waals surface area contributed by atoms with Crippen LogP contribution in [0.2, 0.25) is 0 Å². The maximum Gasteiger partial charge on any atom is 0.253 e. The minimum absolute atomic E-state index is 0.0278. The van der Waals surface area contributed by atoms with Gasteiger partial charge in [-0.05, 0) is 54.8 Å². The van der Waals surface area contributed by atoms with E-state index >= 15 is 0 Å². The third kappa shape index (κ3) is 3.25. The van der Waals surface area contributed by atoms with Gasteiger partial charge < -0.3 is 14.8 Å². The van der Waals surface area contributed by atoms with Crippen LogP contribution in [-0.4, -0.2) is 36.0 Å². The van der Waals surface area contributed by atoms with Gasteiger partial charge in [0, 0.05) is 56.4 Å². The number of fused-ring (bicyclic) bond motifs is 3. The van der Waals surface area contributed by atoms with Crippen LogP contribution in [0.15, 0.2) is 42.5 Å². The van der Waals surface area contributed by atoms with Gasteiger partial charge in [0.05, 0.1) is 5.52 Å². The van der Waals surface area contributed by atoms with Crippen molar-refractivity contribution in [3.63, 3.8) is 0 Å². The third-order valence-corrected chi connectivity index (χ3v) is 5.51. The van der Waals surface area contributed by atoms with Crippen molar-refractivity contribution in [2.45, 2.75) is 26.8 Å². The summed E-state index contributed by atoms with van der Waals surface area (Å²) >= 11 is 0. The quantitative estimate of drug-likeness (QED) is 0.743. The number of benzene rings is 2. The van der Waals surface area contributed by atoms with E-state index in [2.05, 4.69) is 54.2 Å². The highest BCUT2D eigenvalue weighted by atomic mass is 16.2. The van der Waals surface area contributed by atoms with Gasteiger partial charge in [-0.3, -0.25) is 4.79 Å². The molecule has 0 spiro atoms.